The number of rotatable bonds is 3. The van der Waals surface area contributed by atoms with E-state index < -0.39 is 0 Å². The molecule has 1 aliphatic rings. The number of nitrogens with zero attached hydrogens (tertiary/aromatic N) is 2. The Morgan fingerprint density at radius 3 is 3.04 bits per heavy atom. The highest BCUT2D eigenvalue weighted by molar-refractivity contribution is 5.37. The van der Waals surface area contributed by atoms with Gasteiger partial charge in [-0.25, -0.2) is 9.50 Å². The average Bonchev–Trinajstić information content (AvgIpc) is 3.03. The Bertz CT molecular complexity index is 938. The predicted molar refractivity (Wildman–Crippen MR) is 93.9 cm³/mol. The molecule has 0 aliphatic heterocycles. The maximum Gasteiger partial charge on any atom is 0.272 e. The summed E-state index contributed by atoms with van der Waals surface area (Å²) in [6, 6.07) is 12.3. The van der Waals surface area contributed by atoms with E-state index in [9.17, 15) is 4.79 Å². The maximum absolute atomic E-state index is 12.1. The van der Waals surface area contributed by atoms with Crippen LogP contribution < -0.4 is 10.9 Å². The lowest BCUT2D eigenvalue weighted by Crippen LogP contribution is -2.38. The molecule has 0 amide bonds. The minimum absolute atomic E-state index is 0.0786. The summed E-state index contributed by atoms with van der Waals surface area (Å²) in [4.78, 5) is 16.7. The zero-order valence-corrected chi connectivity index (χ0v) is 14.0. The van der Waals surface area contributed by atoms with Crippen LogP contribution in [0.25, 0.3) is 5.65 Å². The first-order valence-electron chi connectivity index (χ1n) is 8.42. The molecule has 0 saturated heterocycles. The highest BCUT2D eigenvalue weighted by atomic mass is 16.1. The van der Waals surface area contributed by atoms with Crippen molar-refractivity contribution in [2.75, 3.05) is 0 Å². The van der Waals surface area contributed by atoms with Crippen LogP contribution in [0.2, 0.25) is 0 Å². The number of fused-ring (bicyclic) bond motifs is 2. The maximum atomic E-state index is 12.1. The molecule has 1 atom stereocenters. The fourth-order valence-corrected chi connectivity index (χ4v) is 3.73. The monoisotopic (exact) mass is 322 g/mol. The van der Waals surface area contributed by atoms with Crippen LogP contribution in [0.1, 0.15) is 43.1 Å². The van der Waals surface area contributed by atoms with E-state index >= 15 is 0 Å². The SMILES string of the molecule is CC1(C)CCc2ccccc2[C@@H]1NCc1cc(=O)n2[nH]ccc2n1. The van der Waals surface area contributed by atoms with Crippen molar-refractivity contribution in [2.45, 2.75) is 39.3 Å². The lowest BCUT2D eigenvalue weighted by molar-refractivity contribution is 0.207. The number of aryl methyl sites for hydroxylation is 1. The Morgan fingerprint density at radius 1 is 1.33 bits per heavy atom. The quantitative estimate of drug-likeness (QED) is 0.779. The van der Waals surface area contributed by atoms with Crippen LogP contribution in [0.15, 0.2) is 47.4 Å². The zero-order valence-electron chi connectivity index (χ0n) is 14.0. The lowest BCUT2D eigenvalue weighted by atomic mass is 9.70. The molecule has 2 aromatic heterocycles. The number of aromatic nitrogens is 3. The van der Waals surface area contributed by atoms with Crippen molar-refractivity contribution in [3.63, 3.8) is 0 Å². The third kappa shape index (κ3) is 2.55. The Labute approximate surface area is 140 Å². The number of aromatic amines is 1. The molecule has 1 aliphatic carbocycles. The molecule has 1 aromatic carbocycles. The van der Waals surface area contributed by atoms with Gasteiger partial charge in [-0.1, -0.05) is 38.1 Å². The van der Waals surface area contributed by atoms with Crippen LogP contribution in [0, 0.1) is 5.41 Å². The molecule has 4 rings (SSSR count). The Hall–Kier alpha value is -2.40. The molecule has 5 nitrogen and oxygen atoms in total. The lowest BCUT2D eigenvalue weighted by Gasteiger charge is -2.40. The summed E-state index contributed by atoms with van der Waals surface area (Å²) >= 11 is 0. The fraction of sp³-hybridized carbons (Fsp3) is 0.368. The Kier molecular flexibility index (Phi) is 3.53. The summed E-state index contributed by atoms with van der Waals surface area (Å²) in [6.07, 6.45) is 3.99. The average molecular weight is 322 g/mol. The van der Waals surface area contributed by atoms with Gasteiger partial charge in [0, 0.05) is 30.9 Å². The highest BCUT2D eigenvalue weighted by Crippen LogP contribution is 2.43. The summed E-state index contributed by atoms with van der Waals surface area (Å²) in [6.45, 7) is 5.19. The normalized spacial score (nSPS) is 19.3. The van der Waals surface area contributed by atoms with Gasteiger partial charge in [0.15, 0.2) is 5.65 Å². The van der Waals surface area contributed by atoms with E-state index in [2.05, 4.69) is 53.5 Å². The molecule has 0 spiro atoms. The van der Waals surface area contributed by atoms with Gasteiger partial charge in [0.05, 0.1) is 5.69 Å². The van der Waals surface area contributed by atoms with E-state index in [1.807, 2.05) is 6.07 Å². The smallest absolute Gasteiger partial charge is 0.272 e. The van der Waals surface area contributed by atoms with Crippen LogP contribution in [0.4, 0.5) is 0 Å². The van der Waals surface area contributed by atoms with E-state index in [-0.39, 0.29) is 17.0 Å². The summed E-state index contributed by atoms with van der Waals surface area (Å²) < 4.78 is 1.45. The standard InChI is InChI=1S/C19H22N4O/c1-19(2)9-7-13-5-3-4-6-15(13)18(19)20-12-14-11-17(24)23-16(22-14)8-10-21-23/h3-6,8,10-11,18,20-21H,7,9,12H2,1-2H3/t18-/m0/s1. The van der Waals surface area contributed by atoms with Crippen molar-refractivity contribution in [1.82, 2.24) is 19.9 Å². The molecule has 24 heavy (non-hydrogen) atoms. The van der Waals surface area contributed by atoms with Crippen LogP contribution in [0.5, 0.6) is 0 Å². The largest absolute Gasteiger partial charge is 0.304 e. The van der Waals surface area contributed by atoms with Gasteiger partial charge in [-0.3, -0.25) is 9.89 Å². The minimum Gasteiger partial charge on any atom is -0.304 e. The molecule has 0 radical (unpaired) electrons. The number of nitrogens with one attached hydrogen (secondary N) is 2. The van der Waals surface area contributed by atoms with Gasteiger partial charge in [0.25, 0.3) is 5.56 Å². The summed E-state index contributed by atoms with van der Waals surface area (Å²) in [5.74, 6) is 0. The van der Waals surface area contributed by atoms with Crippen molar-refractivity contribution >= 4 is 5.65 Å². The molecule has 0 bridgehead atoms. The molecule has 0 fully saturated rings. The van der Waals surface area contributed by atoms with Crippen molar-refractivity contribution in [1.29, 1.82) is 0 Å². The minimum atomic E-state index is -0.0786. The highest BCUT2D eigenvalue weighted by Gasteiger charge is 2.35. The van der Waals surface area contributed by atoms with E-state index in [4.69, 9.17) is 0 Å². The molecule has 3 aromatic rings. The van der Waals surface area contributed by atoms with Crippen molar-refractivity contribution < 1.29 is 0 Å². The number of benzene rings is 1. The van der Waals surface area contributed by atoms with Crippen LogP contribution in [0.3, 0.4) is 0 Å². The van der Waals surface area contributed by atoms with Gasteiger partial charge in [0.1, 0.15) is 0 Å². The molecule has 2 N–H and O–H groups in total. The van der Waals surface area contributed by atoms with E-state index in [0.29, 0.717) is 12.2 Å². The van der Waals surface area contributed by atoms with Gasteiger partial charge in [-0.15, -0.1) is 0 Å². The Morgan fingerprint density at radius 2 is 2.17 bits per heavy atom. The van der Waals surface area contributed by atoms with Crippen molar-refractivity contribution in [3.05, 3.63) is 69.8 Å². The van der Waals surface area contributed by atoms with Gasteiger partial charge < -0.3 is 5.32 Å². The van der Waals surface area contributed by atoms with Gasteiger partial charge in [-0.05, 0) is 29.4 Å². The topological polar surface area (TPSA) is 62.2 Å². The second kappa shape index (κ2) is 5.60. The predicted octanol–water partition coefficient (Wildman–Crippen LogP) is 2.83. The summed E-state index contributed by atoms with van der Waals surface area (Å²) in [5.41, 5.74) is 4.31. The van der Waals surface area contributed by atoms with Gasteiger partial charge >= 0.3 is 0 Å². The number of hydrogen-bond acceptors (Lipinski definition) is 3. The first-order chi connectivity index (χ1) is 11.5. The third-order valence-corrected chi connectivity index (χ3v) is 5.11. The first kappa shape index (κ1) is 15.1. The second-order valence-corrected chi connectivity index (χ2v) is 7.24. The molecule has 0 saturated carbocycles. The molecular formula is C19H22N4O. The van der Waals surface area contributed by atoms with Gasteiger partial charge in [-0.2, -0.15) is 0 Å². The van der Waals surface area contributed by atoms with E-state index in [1.54, 1.807) is 12.3 Å². The number of hydrogen-bond donors (Lipinski definition) is 2. The summed E-state index contributed by atoms with van der Waals surface area (Å²) in [5, 5.41) is 6.52. The Balaban J connectivity index is 1.63. The fourth-order valence-electron chi connectivity index (χ4n) is 3.73. The molecular weight excluding hydrogens is 300 g/mol. The second-order valence-electron chi connectivity index (χ2n) is 7.24. The first-order valence-corrected chi connectivity index (χ1v) is 8.42. The van der Waals surface area contributed by atoms with E-state index in [0.717, 1.165) is 18.5 Å². The van der Waals surface area contributed by atoms with Crippen molar-refractivity contribution in [3.8, 4) is 0 Å². The summed E-state index contributed by atoms with van der Waals surface area (Å²) in [7, 11) is 0. The molecule has 5 heteroatoms. The molecule has 2 heterocycles. The molecule has 124 valence electrons. The van der Waals surface area contributed by atoms with E-state index in [1.165, 1.54) is 15.6 Å². The number of H-pyrrole nitrogens is 1. The zero-order chi connectivity index (χ0) is 16.7. The van der Waals surface area contributed by atoms with Crippen LogP contribution in [-0.4, -0.2) is 14.6 Å². The van der Waals surface area contributed by atoms with Gasteiger partial charge in [0.2, 0.25) is 0 Å². The van der Waals surface area contributed by atoms with Crippen LogP contribution in [-0.2, 0) is 13.0 Å². The third-order valence-electron chi connectivity index (χ3n) is 5.11. The van der Waals surface area contributed by atoms with Crippen LogP contribution >= 0.6 is 0 Å². The van der Waals surface area contributed by atoms with Crippen molar-refractivity contribution in [2.24, 2.45) is 5.41 Å². The molecule has 0 unspecified atom stereocenters.